The Morgan fingerprint density at radius 2 is 2.09 bits per heavy atom. The van der Waals surface area contributed by atoms with E-state index in [1.54, 1.807) is 23.6 Å². The molecule has 0 aliphatic rings. The van der Waals surface area contributed by atoms with Crippen molar-refractivity contribution in [1.29, 1.82) is 0 Å². The molecule has 2 heterocycles. The zero-order valence-electron chi connectivity index (χ0n) is 12.6. The van der Waals surface area contributed by atoms with Gasteiger partial charge in [0.1, 0.15) is 16.5 Å². The van der Waals surface area contributed by atoms with Gasteiger partial charge in [0.05, 0.1) is 0 Å². The SMILES string of the molecule is CNC(C)Cc1noc(-c2csc(-c3ccccc3F)n2)n1.Cl. The molecular weight excluding hydrogens is 339 g/mol. The Labute approximate surface area is 143 Å². The van der Waals surface area contributed by atoms with E-state index in [-0.39, 0.29) is 24.3 Å². The lowest BCUT2D eigenvalue weighted by Crippen LogP contribution is -2.24. The van der Waals surface area contributed by atoms with Gasteiger partial charge in [-0.25, -0.2) is 9.37 Å². The van der Waals surface area contributed by atoms with Crippen LogP contribution in [-0.2, 0) is 6.42 Å². The van der Waals surface area contributed by atoms with Crippen molar-refractivity contribution < 1.29 is 8.91 Å². The predicted octanol–water partition coefficient (Wildman–Crippen LogP) is 3.57. The number of aromatic nitrogens is 3. The van der Waals surface area contributed by atoms with E-state index in [4.69, 9.17) is 4.52 Å². The summed E-state index contributed by atoms with van der Waals surface area (Å²) in [5.74, 6) is 0.687. The van der Waals surface area contributed by atoms with Crippen molar-refractivity contribution in [3.05, 3.63) is 41.3 Å². The van der Waals surface area contributed by atoms with Crippen molar-refractivity contribution in [3.8, 4) is 22.2 Å². The fraction of sp³-hybridized carbons (Fsp3) is 0.267. The quantitative estimate of drug-likeness (QED) is 0.758. The van der Waals surface area contributed by atoms with Crippen molar-refractivity contribution in [2.24, 2.45) is 0 Å². The number of likely N-dealkylation sites (N-methyl/N-ethyl adjacent to an activating group) is 1. The summed E-state index contributed by atoms with van der Waals surface area (Å²) in [6, 6.07) is 6.81. The molecule has 1 unspecified atom stereocenters. The maximum absolute atomic E-state index is 13.8. The zero-order chi connectivity index (χ0) is 15.5. The van der Waals surface area contributed by atoms with Crippen LogP contribution in [0.1, 0.15) is 12.7 Å². The van der Waals surface area contributed by atoms with Crippen LogP contribution >= 0.6 is 23.7 Å². The van der Waals surface area contributed by atoms with Crippen molar-refractivity contribution in [3.63, 3.8) is 0 Å². The number of benzene rings is 1. The number of nitrogens with zero attached hydrogens (tertiary/aromatic N) is 3. The number of thiazole rings is 1. The highest BCUT2D eigenvalue weighted by Crippen LogP contribution is 2.29. The van der Waals surface area contributed by atoms with Crippen LogP contribution in [0.4, 0.5) is 4.39 Å². The first kappa shape index (κ1) is 17.5. The van der Waals surface area contributed by atoms with Crippen molar-refractivity contribution in [2.75, 3.05) is 7.05 Å². The minimum absolute atomic E-state index is 0. The molecule has 8 heteroatoms. The number of hydrogen-bond acceptors (Lipinski definition) is 6. The lowest BCUT2D eigenvalue weighted by atomic mass is 10.2. The fourth-order valence-electron chi connectivity index (χ4n) is 1.95. The van der Waals surface area contributed by atoms with Crippen LogP contribution in [0.2, 0.25) is 0 Å². The molecule has 1 atom stereocenters. The molecule has 1 aromatic carbocycles. The Hall–Kier alpha value is -1.83. The van der Waals surface area contributed by atoms with Gasteiger partial charge in [-0.1, -0.05) is 17.3 Å². The Balaban J connectivity index is 0.00000192. The van der Waals surface area contributed by atoms with Gasteiger partial charge in [0.15, 0.2) is 5.82 Å². The first-order valence-electron chi connectivity index (χ1n) is 6.88. The van der Waals surface area contributed by atoms with Gasteiger partial charge in [-0.3, -0.25) is 0 Å². The second-order valence-corrected chi connectivity index (χ2v) is 5.79. The van der Waals surface area contributed by atoms with E-state index in [0.29, 0.717) is 34.4 Å². The summed E-state index contributed by atoms with van der Waals surface area (Å²) in [7, 11) is 1.88. The van der Waals surface area contributed by atoms with E-state index in [2.05, 4.69) is 20.4 Å². The summed E-state index contributed by atoms with van der Waals surface area (Å²) >= 11 is 1.35. The van der Waals surface area contributed by atoms with Gasteiger partial charge >= 0.3 is 0 Å². The number of nitrogens with one attached hydrogen (secondary N) is 1. The molecule has 1 N–H and O–H groups in total. The van der Waals surface area contributed by atoms with Crippen LogP contribution < -0.4 is 5.32 Å². The lowest BCUT2D eigenvalue weighted by Gasteiger charge is -2.04. The van der Waals surface area contributed by atoms with Crippen LogP contribution in [0.25, 0.3) is 22.2 Å². The number of rotatable bonds is 5. The molecule has 3 aromatic rings. The van der Waals surface area contributed by atoms with Crippen molar-refractivity contribution in [1.82, 2.24) is 20.4 Å². The predicted molar refractivity (Wildman–Crippen MR) is 90.3 cm³/mol. The van der Waals surface area contributed by atoms with Crippen molar-refractivity contribution in [2.45, 2.75) is 19.4 Å². The highest BCUT2D eigenvalue weighted by molar-refractivity contribution is 7.13. The van der Waals surface area contributed by atoms with Gasteiger partial charge in [-0.15, -0.1) is 23.7 Å². The topological polar surface area (TPSA) is 63.8 Å². The first-order chi connectivity index (χ1) is 10.7. The molecular formula is C15H16ClFN4OS. The van der Waals surface area contributed by atoms with E-state index < -0.39 is 0 Å². The second-order valence-electron chi connectivity index (χ2n) is 4.93. The highest BCUT2D eigenvalue weighted by Gasteiger charge is 2.15. The van der Waals surface area contributed by atoms with Gasteiger partial charge in [0, 0.05) is 23.4 Å². The Morgan fingerprint density at radius 3 is 2.83 bits per heavy atom. The number of hydrogen-bond donors (Lipinski definition) is 1. The molecule has 0 aliphatic heterocycles. The van der Waals surface area contributed by atoms with Crippen LogP contribution in [0, 0.1) is 5.82 Å². The molecule has 0 fully saturated rings. The second kappa shape index (κ2) is 7.63. The molecule has 0 bridgehead atoms. The fourth-order valence-corrected chi connectivity index (χ4v) is 2.77. The summed E-state index contributed by atoms with van der Waals surface area (Å²) in [6.07, 6.45) is 0.671. The molecule has 0 amide bonds. The van der Waals surface area contributed by atoms with Gasteiger partial charge in [0.25, 0.3) is 5.89 Å². The average molecular weight is 355 g/mol. The molecule has 0 aliphatic carbocycles. The molecule has 23 heavy (non-hydrogen) atoms. The lowest BCUT2D eigenvalue weighted by molar-refractivity contribution is 0.417. The standard InChI is InChI=1S/C15H15FN4OS.ClH/c1-9(17-2)7-13-19-14(21-20-13)12-8-22-15(18-12)10-5-3-4-6-11(10)16;/h3-6,8-9,17H,7H2,1-2H3;1H. The normalized spacial score (nSPS) is 12.0. The Bertz CT molecular complexity index is 776. The molecule has 0 saturated carbocycles. The van der Waals surface area contributed by atoms with E-state index in [1.165, 1.54) is 17.4 Å². The smallest absolute Gasteiger partial charge is 0.277 e. The summed E-state index contributed by atoms with van der Waals surface area (Å²) < 4.78 is 19.0. The summed E-state index contributed by atoms with van der Waals surface area (Å²) in [6.45, 7) is 2.04. The third-order valence-electron chi connectivity index (χ3n) is 3.28. The molecule has 0 radical (unpaired) electrons. The van der Waals surface area contributed by atoms with Crippen LogP contribution in [-0.4, -0.2) is 28.2 Å². The maximum Gasteiger partial charge on any atom is 0.277 e. The minimum atomic E-state index is -0.294. The van der Waals surface area contributed by atoms with E-state index in [1.807, 2.05) is 14.0 Å². The summed E-state index contributed by atoms with van der Waals surface area (Å²) in [5, 5.41) is 9.45. The largest absolute Gasteiger partial charge is 0.332 e. The van der Waals surface area contributed by atoms with E-state index in [0.717, 1.165) is 0 Å². The number of halogens is 2. The van der Waals surface area contributed by atoms with Gasteiger partial charge in [-0.05, 0) is 26.1 Å². The van der Waals surface area contributed by atoms with Gasteiger partial charge < -0.3 is 9.84 Å². The Kier molecular flexibility index (Phi) is 5.81. The molecule has 122 valence electrons. The molecule has 3 rings (SSSR count). The van der Waals surface area contributed by atoms with Crippen LogP contribution in [0.15, 0.2) is 34.2 Å². The monoisotopic (exact) mass is 354 g/mol. The molecule has 0 spiro atoms. The molecule has 0 saturated heterocycles. The minimum Gasteiger partial charge on any atom is -0.332 e. The molecule has 5 nitrogen and oxygen atoms in total. The highest BCUT2D eigenvalue weighted by atomic mass is 35.5. The summed E-state index contributed by atoms with van der Waals surface area (Å²) in [5.41, 5.74) is 1.04. The maximum atomic E-state index is 13.8. The summed E-state index contributed by atoms with van der Waals surface area (Å²) in [4.78, 5) is 8.72. The zero-order valence-corrected chi connectivity index (χ0v) is 14.2. The average Bonchev–Trinajstić information content (AvgIpc) is 3.16. The van der Waals surface area contributed by atoms with Crippen LogP contribution in [0.3, 0.4) is 0 Å². The van der Waals surface area contributed by atoms with E-state index in [9.17, 15) is 4.39 Å². The third-order valence-corrected chi connectivity index (χ3v) is 4.15. The van der Waals surface area contributed by atoms with E-state index >= 15 is 0 Å². The molecule has 2 aromatic heterocycles. The van der Waals surface area contributed by atoms with Gasteiger partial charge in [-0.2, -0.15) is 4.98 Å². The Morgan fingerprint density at radius 1 is 1.30 bits per heavy atom. The third kappa shape index (κ3) is 3.93. The van der Waals surface area contributed by atoms with Crippen LogP contribution in [0.5, 0.6) is 0 Å². The van der Waals surface area contributed by atoms with Gasteiger partial charge in [0.2, 0.25) is 0 Å². The van der Waals surface area contributed by atoms with Crippen molar-refractivity contribution >= 4 is 23.7 Å². The first-order valence-corrected chi connectivity index (χ1v) is 7.76.